The van der Waals surface area contributed by atoms with E-state index in [0.717, 1.165) is 36.8 Å². The molecule has 0 unspecified atom stereocenters. The van der Waals surface area contributed by atoms with Crippen molar-refractivity contribution in [1.29, 1.82) is 0 Å². The molecule has 182 valence electrons. The molecule has 1 aliphatic rings. The van der Waals surface area contributed by atoms with Crippen molar-refractivity contribution in [1.82, 2.24) is 10.6 Å². The van der Waals surface area contributed by atoms with E-state index in [0.29, 0.717) is 5.56 Å². The Bertz CT molecular complexity index is 983. The smallest absolute Gasteiger partial charge is 0.407 e. The first-order valence-corrected chi connectivity index (χ1v) is 11.8. The molecule has 4 N–H and O–H groups in total. The molecule has 0 saturated heterocycles. The molecule has 1 aliphatic carbocycles. The van der Waals surface area contributed by atoms with Crippen LogP contribution in [0.25, 0.3) is 0 Å². The minimum absolute atomic E-state index is 0.0530. The van der Waals surface area contributed by atoms with Crippen LogP contribution in [-0.2, 0) is 20.9 Å². The zero-order chi connectivity index (χ0) is 24.7. The van der Waals surface area contributed by atoms with Crippen molar-refractivity contribution in [2.24, 2.45) is 11.7 Å². The van der Waals surface area contributed by atoms with Gasteiger partial charge in [0, 0.05) is 11.5 Å². The van der Waals surface area contributed by atoms with Crippen molar-refractivity contribution in [2.45, 2.75) is 70.6 Å². The molecule has 0 radical (unpaired) electrons. The number of nitrogens with two attached hydrogens (primary N) is 1. The van der Waals surface area contributed by atoms with Crippen molar-refractivity contribution in [3.8, 4) is 0 Å². The zero-order valence-electron chi connectivity index (χ0n) is 20.2. The van der Waals surface area contributed by atoms with Gasteiger partial charge in [0.1, 0.15) is 12.6 Å². The van der Waals surface area contributed by atoms with Gasteiger partial charge in [0.15, 0.2) is 0 Å². The standard InChI is InChI=1S/C27H35N3O4/c1-27(2,3)30-26(33)34-17-18-13-15-19(16-14-18)21-11-7-8-12-22(21)25(32)29-23(24(28)31)20-9-5-4-6-10-20/h4-6,9-10,13-16,21-23H,7-8,11-12,17H2,1-3H3,(H2,28,31)(H,29,32)(H,30,33)/t21-,22+,23-/m0/s1. The average molecular weight is 466 g/mol. The first kappa shape index (κ1) is 25.3. The highest BCUT2D eigenvalue weighted by atomic mass is 16.5. The number of carbonyl (C=O) groups excluding carboxylic acids is 3. The zero-order valence-corrected chi connectivity index (χ0v) is 20.2. The third-order valence-electron chi connectivity index (χ3n) is 6.06. The average Bonchev–Trinajstić information content (AvgIpc) is 2.80. The summed E-state index contributed by atoms with van der Waals surface area (Å²) >= 11 is 0. The van der Waals surface area contributed by atoms with E-state index in [9.17, 15) is 14.4 Å². The second kappa shape index (κ2) is 11.2. The summed E-state index contributed by atoms with van der Waals surface area (Å²) in [6, 6.07) is 16.1. The maximum absolute atomic E-state index is 13.2. The highest BCUT2D eigenvalue weighted by molar-refractivity contribution is 5.89. The predicted octanol–water partition coefficient (Wildman–Crippen LogP) is 4.33. The van der Waals surface area contributed by atoms with E-state index >= 15 is 0 Å². The molecule has 3 atom stereocenters. The van der Waals surface area contributed by atoms with Gasteiger partial charge in [-0.1, -0.05) is 67.4 Å². The van der Waals surface area contributed by atoms with E-state index in [4.69, 9.17) is 10.5 Å². The molecule has 0 spiro atoms. The Morgan fingerprint density at radius 1 is 1.00 bits per heavy atom. The fourth-order valence-electron chi connectivity index (χ4n) is 4.41. The van der Waals surface area contributed by atoms with Gasteiger partial charge in [-0.2, -0.15) is 0 Å². The van der Waals surface area contributed by atoms with Crippen LogP contribution < -0.4 is 16.4 Å². The second-order valence-corrected chi connectivity index (χ2v) is 9.94. The largest absolute Gasteiger partial charge is 0.445 e. The van der Waals surface area contributed by atoms with Crippen LogP contribution >= 0.6 is 0 Å². The summed E-state index contributed by atoms with van der Waals surface area (Å²) in [5.74, 6) is -0.911. The molecule has 0 heterocycles. The van der Waals surface area contributed by atoms with Crippen molar-refractivity contribution >= 4 is 17.9 Å². The summed E-state index contributed by atoms with van der Waals surface area (Å²) < 4.78 is 5.30. The van der Waals surface area contributed by atoms with Crippen LogP contribution in [0.5, 0.6) is 0 Å². The fourth-order valence-corrected chi connectivity index (χ4v) is 4.41. The first-order chi connectivity index (χ1) is 16.1. The normalized spacial score (nSPS) is 19.0. The van der Waals surface area contributed by atoms with Gasteiger partial charge in [0.2, 0.25) is 11.8 Å². The molecule has 0 bridgehead atoms. The molecule has 7 heteroatoms. The van der Waals surface area contributed by atoms with Crippen molar-refractivity contribution < 1.29 is 19.1 Å². The van der Waals surface area contributed by atoms with Crippen LogP contribution in [-0.4, -0.2) is 23.4 Å². The van der Waals surface area contributed by atoms with Crippen LogP contribution in [0.1, 0.15) is 75.1 Å². The summed E-state index contributed by atoms with van der Waals surface area (Å²) in [6.07, 6.45) is 3.21. The number of carbonyl (C=O) groups is 3. The highest BCUT2D eigenvalue weighted by Gasteiger charge is 2.34. The number of primary amides is 1. The van der Waals surface area contributed by atoms with Gasteiger partial charge in [0.05, 0.1) is 0 Å². The van der Waals surface area contributed by atoms with E-state index in [2.05, 4.69) is 10.6 Å². The van der Waals surface area contributed by atoms with Crippen LogP contribution in [0, 0.1) is 5.92 Å². The highest BCUT2D eigenvalue weighted by Crippen LogP contribution is 2.38. The van der Waals surface area contributed by atoms with E-state index in [1.807, 2.05) is 63.2 Å². The minimum atomic E-state index is -0.852. The van der Waals surface area contributed by atoms with E-state index in [-0.39, 0.29) is 29.9 Å². The number of nitrogens with one attached hydrogen (secondary N) is 2. The van der Waals surface area contributed by atoms with E-state index < -0.39 is 18.0 Å². The predicted molar refractivity (Wildman–Crippen MR) is 131 cm³/mol. The minimum Gasteiger partial charge on any atom is -0.445 e. The van der Waals surface area contributed by atoms with Gasteiger partial charge in [-0.25, -0.2) is 4.79 Å². The fraction of sp³-hybridized carbons (Fsp3) is 0.444. The van der Waals surface area contributed by atoms with Crippen molar-refractivity contribution in [3.63, 3.8) is 0 Å². The quantitative estimate of drug-likeness (QED) is 0.565. The summed E-state index contributed by atoms with van der Waals surface area (Å²) in [5.41, 5.74) is 7.86. The first-order valence-electron chi connectivity index (χ1n) is 11.8. The number of rotatable bonds is 7. The Morgan fingerprint density at radius 2 is 1.65 bits per heavy atom. The summed E-state index contributed by atoms with van der Waals surface area (Å²) in [4.78, 5) is 37.2. The number of hydrogen-bond donors (Lipinski definition) is 3. The molecule has 7 nitrogen and oxygen atoms in total. The lowest BCUT2D eigenvalue weighted by molar-refractivity contribution is -0.131. The van der Waals surface area contributed by atoms with Gasteiger partial charge in [-0.15, -0.1) is 0 Å². The lowest BCUT2D eigenvalue weighted by Crippen LogP contribution is -2.42. The lowest BCUT2D eigenvalue weighted by Gasteiger charge is -2.32. The molecule has 3 rings (SSSR count). The maximum atomic E-state index is 13.2. The molecule has 34 heavy (non-hydrogen) atoms. The Kier molecular flexibility index (Phi) is 8.31. The molecule has 2 aromatic carbocycles. The maximum Gasteiger partial charge on any atom is 0.407 e. The van der Waals surface area contributed by atoms with Gasteiger partial charge in [-0.05, 0) is 56.2 Å². The topological polar surface area (TPSA) is 111 Å². The van der Waals surface area contributed by atoms with Crippen LogP contribution in [0.3, 0.4) is 0 Å². The monoisotopic (exact) mass is 465 g/mol. The van der Waals surface area contributed by atoms with Crippen LogP contribution in [0.15, 0.2) is 54.6 Å². The summed E-state index contributed by atoms with van der Waals surface area (Å²) in [5, 5.41) is 5.65. The van der Waals surface area contributed by atoms with Gasteiger partial charge in [-0.3, -0.25) is 9.59 Å². The number of ether oxygens (including phenoxy) is 1. The molecular formula is C27H35N3O4. The lowest BCUT2D eigenvalue weighted by atomic mass is 9.74. The van der Waals surface area contributed by atoms with E-state index in [1.165, 1.54) is 0 Å². The van der Waals surface area contributed by atoms with Crippen molar-refractivity contribution in [2.75, 3.05) is 0 Å². The Labute approximate surface area is 201 Å². The Morgan fingerprint density at radius 3 is 2.26 bits per heavy atom. The number of amides is 3. The molecule has 3 amide bonds. The molecule has 0 aliphatic heterocycles. The number of hydrogen-bond acceptors (Lipinski definition) is 4. The van der Waals surface area contributed by atoms with Crippen LogP contribution in [0.2, 0.25) is 0 Å². The van der Waals surface area contributed by atoms with Gasteiger partial charge < -0.3 is 21.1 Å². The summed E-state index contributed by atoms with van der Waals surface area (Å²) in [7, 11) is 0. The molecule has 2 aromatic rings. The molecular weight excluding hydrogens is 430 g/mol. The third-order valence-corrected chi connectivity index (χ3v) is 6.06. The summed E-state index contributed by atoms with van der Waals surface area (Å²) in [6.45, 7) is 5.86. The molecule has 0 aromatic heterocycles. The molecule has 1 fully saturated rings. The van der Waals surface area contributed by atoms with Gasteiger partial charge in [0.25, 0.3) is 0 Å². The van der Waals surface area contributed by atoms with Crippen LogP contribution in [0.4, 0.5) is 4.79 Å². The Balaban J connectivity index is 1.66. The Hall–Kier alpha value is -3.35. The van der Waals surface area contributed by atoms with E-state index in [1.54, 1.807) is 12.1 Å². The SMILES string of the molecule is CC(C)(C)NC(=O)OCc1ccc([C@@H]2CCCC[C@H]2C(=O)N[C@H](C(N)=O)c2ccccc2)cc1. The molecule has 1 saturated carbocycles. The number of alkyl carbamates (subject to hydrolysis) is 1. The van der Waals surface area contributed by atoms with Crippen molar-refractivity contribution in [3.05, 3.63) is 71.3 Å². The number of benzene rings is 2. The third kappa shape index (κ3) is 7.07. The second-order valence-electron chi connectivity index (χ2n) is 9.94. The van der Waals surface area contributed by atoms with Gasteiger partial charge >= 0.3 is 6.09 Å².